The first-order valence-electron chi connectivity index (χ1n) is 6.26. The lowest BCUT2D eigenvalue weighted by Crippen LogP contribution is -2.11. The molecule has 0 atom stereocenters. The summed E-state index contributed by atoms with van der Waals surface area (Å²) in [7, 11) is 0. The summed E-state index contributed by atoms with van der Waals surface area (Å²) in [6, 6.07) is 3.60. The Morgan fingerprint density at radius 2 is 1.81 bits per heavy atom. The zero-order valence-electron chi connectivity index (χ0n) is 11.5. The number of esters is 1. The number of carbonyl (C=O) groups is 2. The van der Waals surface area contributed by atoms with Gasteiger partial charge in [0.05, 0.1) is 23.1 Å². The molecule has 0 aliphatic carbocycles. The molecule has 110 valence electrons. The Balaban J connectivity index is 2.88. The lowest BCUT2D eigenvalue weighted by molar-refractivity contribution is 0.0523. The van der Waals surface area contributed by atoms with Gasteiger partial charge in [-0.2, -0.15) is 0 Å². The first-order valence-corrected chi connectivity index (χ1v) is 6.26. The van der Waals surface area contributed by atoms with Crippen LogP contribution in [0.2, 0.25) is 0 Å². The molecule has 0 heterocycles. The second-order valence-corrected chi connectivity index (χ2v) is 4.49. The number of phenolic OH excluding ortho intramolecular Hbond substituents is 3. The first-order chi connectivity index (χ1) is 9.86. The molecule has 0 saturated carbocycles. The van der Waals surface area contributed by atoms with Crippen molar-refractivity contribution < 1.29 is 29.6 Å². The van der Waals surface area contributed by atoms with E-state index in [0.717, 1.165) is 6.07 Å². The molecule has 2 aromatic rings. The van der Waals surface area contributed by atoms with Gasteiger partial charge in [0.1, 0.15) is 17.2 Å². The molecule has 0 unspecified atom stereocenters. The SMILES string of the molecule is CCOC(=O)c1cc2cc(O)cc(O)c2c(O)c1C(C)=O. The third kappa shape index (κ3) is 2.47. The van der Waals surface area contributed by atoms with Crippen molar-refractivity contribution in [2.24, 2.45) is 0 Å². The van der Waals surface area contributed by atoms with Crippen molar-refractivity contribution in [1.82, 2.24) is 0 Å². The van der Waals surface area contributed by atoms with E-state index in [1.165, 1.54) is 19.1 Å². The van der Waals surface area contributed by atoms with Crippen molar-refractivity contribution in [2.45, 2.75) is 13.8 Å². The molecule has 6 heteroatoms. The number of benzene rings is 2. The zero-order chi connectivity index (χ0) is 15.7. The fraction of sp³-hybridized carbons (Fsp3) is 0.200. The monoisotopic (exact) mass is 290 g/mol. The van der Waals surface area contributed by atoms with E-state index in [4.69, 9.17) is 4.74 Å². The third-order valence-corrected chi connectivity index (χ3v) is 3.02. The van der Waals surface area contributed by atoms with Gasteiger partial charge in [0.2, 0.25) is 0 Å². The molecule has 2 rings (SSSR count). The molecule has 0 bridgehead atoms. The van der Waals surface area contributed by atoms with E-state index in [1.807, 2.05) is 0 Å². The van der Waals surface area contributed by atoms with Gasteiger partial charge < -0.3 is 20.1 Å². The molecule has 0 aromatic heterocycles. The van der Waals surface area contributed by atoms with Gasteiger partial charge in [-0.05, 0) is 31.4 Å². The fourth-order valence-electron chi connectivity index (χ4n) is 2.21. The molecular weight excluding hydrogens is 276 g/mol. The minimum absolute atomic E-state index is 0.00829. The van der Waals surface area contributed by atoms with E-state index in [-0.39, 0.29) is 40.0 Å². The topological polar surface area (TPSA) is 104 Å². The van der Waals surface area contributed by atoms with Crippen LogP contribution >= 0.6 is 0 Å². The normalized spacial score (nSPS) is 10.6. The van der Waals surface area contributed by atoms with Gasteiger partial charge >= 0.3 is 5.97 Å². The Labute approximate surface area is 120 Å². The molecule has 0 aliphatic rings. The highest BCUT2D eigenvalue weighted by molar-refractivity contribution is 6.13. The highest BCUT2D eigenvalue weighted by Crippen LogP contribution is 2.40. The fourth-order valence-corrected chi connectivity index (χ4v) is 2.21. The second-order valence-electron chi connectivity index (χ2n) is 4.49. The van der Waals surface area contributed by atoms with E-state index in [0.29, 0.717) is 0 Å². The Hall–Kier alpha value is -2.76. The molecule has 0 radical (unpaired) electrons. The number of Topliss-reactive ketones (excluding diaryl/α,β-unsaturated/α-hetero) is 1. The van der Waals surface area contributed by atoms with Crippen molar-refractivity contribution in [3.05, 3.63) is 29.3 Å². The third-order valence-electron chi connectivity index (χ3n) is 3.02. The molecular formula is C15H14O6. The summed E-state index contributed by atoms with van der Waals surface area (Å²) < 4.78 is 4.86. The lowest BCUT2D eigenvalue weighted by atomic mass is 9.96. The smallest absolute Gasteiger partial charge is 0.339 e. The maximum Gasteiger partial charge on any atom is 0.339 e. The number of fused-ring (bicyclic) bond motifs is 1. The van der Waals surface area contributed by atoms with E-state index in [2.05, 4.69) is 0 Å². The number of phenols is 3. The van der Waals surface area contributed by atoms with Gasteiger partial charge in [0, 0.05) is 6.07 Å². The van der Waals surface area contributed by atoms with Gasteiger partial charge in [-0.1, -0.05) is 0 Å². The highest BCUT2D eigenvalue weighted by Gasteiger charge is 2.24. The van der Waals surface area contributed by atoms with Gasteiger partial charge in [-0.3, -0.25) is 4.79 Å². The van der Waals surface area contributed by atoms with Crippen LogP contribution in [-0.4, -0.2) is 33.7 Å². The average Bonchev–Trinajstić information content (AvgIpc) is 2.36. The van der Waals surface area contributed by atoms with Crippen LogP contribution in [0.4, 0.5) is 0 Å². The molecule has 0 spiro atoms. The second kappa shape index (κ2) is 5.32. The summed E-state index contributed by atoms with van der Waals surface area (Å²) in [6.07, 6.45) is 0. The van der Waals surface area contributed by atoms with E-state index >= 15 is 0 Å². The Bertz CT molecular complexity index is 748. The number of hydrogen-bond acceptors (Lipinski definition) is 6. The largest absolute Gasteiger partial charge is 0.508 e. The van der Waals surface area contributed by atoms with Gasteiger partial charge in [-0.15, -0.1) is 0 Å². The highest BCUT2D eigenvalue weighted by atomic mass is 16.5. The summed E-state index contributed by atoms with van der Waals surface area (Å²) in [5, 5.41) is 29.7. The molecule has 21 heavy (non-hydrogen) atoms. The van der Waals surface area contributed by atoms with Crippen molar-refractivity contribution in [2.75, 3.05) is 6.61 Å². The van der Waals surface area contributed by atoms with Crippen molar-refractivity contribution in [3.63, 3.8) is 0 Å². The van der Waals surface area contributed by atoms with Crippen LogP contribution in [0.15, 0.2) is 18.2 Å². The van der Waals surface area contributed by atoms with E-state index < -0.39 is 17.5 Å². The first kappa shape index (κ1) is 14.6. The van der Waals surface area contributed by atoms with Crippen molar-refractivity contribution in [1.29, 1.82) is 0 Å². The van der Waals surface area contributed by atoms with Gasteiger partial charge in [0.15, 0.2) is 5.78 Å². The molecule has 0 amide bonds. The van der Waals surface area contributed by atoms with Crippen LogP contribution in [0.3, 0.4) is 0 Å². The summed E-state index contributed by atoms with van der Waals surface area (Å²) in [6.45, 7) is 2.92. The number of ketones is 1. The minimum atomic E-state index is -0.761. The number of carbonyl (C=O) groups excluding carboxylic acids is 2. The summed E-state index contributed by atoms with van der Waals surface area (Å²) in [4.78, 5) is 23.6. The Kier molecular flexibility index (Phi) is 3.71. The number of hydrogen-bond donors (Lipinski definition) is 3. The number of ether oxygens (including phenoxy) is 1. The van der Waals surface area contributed by atoms with E-state index in [9.17, 15) is 24.9 Å². The quantitative estimate of drug-likeness (QED) is 0.592. The molecule has 0 saturated heterocycles. The van der Waals surface area contributed by atoms with Gasteiger partial charge in [0.25, 0.3) is 0 Å². The van der Waals surface area contributed by atoms with Crippen LogP contribution in [0, 0.1) is 0 Å². The maximum absolute atomic E-state index is 11.9. The average molecular weight is 290 g/mol. The number of aromatic hydroxyl groups is 3. The predicted octanol–water partition coefficient (Wildman–Crippen LogP) is 2.34. The van der Waals surface area contributed by atoms with E-state index in [1.54, 1.807) is 6.92 Å². The molecule has 2 aromatic carbocycles. The molecule has 0 aliphatic heterocycles. The van der Waals surface area contributed by atoms with Crippen molar-refractivity contribution >= 4 is 22.5 Å². The number of rotatable bonds is 3. The molecule has 6 nitrogen and oxygen atoms in total. The summed E-state index contributed by atoms with van der Waals surface area (Å²) in [5.41, 5.74) is -0.332. The van der Waals surface area contributed by atoms with Gasteiger partial charge in [-0.25, -0.2) is 4.79 Å². The Morgan fingerprint density at radius 3 is 2.38 bits per heavy atom. The van der Waals surface area contributed by atoms with Crippen LogP contribution in [0.5, 0.6) is 17.2 Å². The van der Waals surface area contributed by atoms with Crippen molar-refractivity contribution in [3.8, 4) is 17.2 Å². The van der Waals surface area contributed by atoms with Crippen LogP contribution < -0.4 is 0 Å². The van der Waals surface area contributed by atoms with Crippen LogP contribution in [0.25, 0.3) is 10.8 Å². The maximum atomic E-state index is 11.9. The Morgan fingerprint density at radius 1 is 1.14 bits per heavy atom. The lowest BCUT2D eigenvalue weighted by Gasteiger charge is -2.12. The summed E-state index contributed by atoms with van der Waals surface area (Å²) >= 11 is 0. The summed E-state index contributed by atoms with van der Waals surface area (Å²) in [5.74, 6) is -2.43. The molecule has 0 fully saturated rings. The standard InChI is InChI=1S/C15H14O6/c1-3-21-15(20)10-5-8-4-9(17)6-11(18)13(8)14(19)12(10)7(2)16/h4-6,17-19H,3H2,1-2H3. The molecule has 3 N–H and O–H groups in total. The minimum Gasteiger partial charge on any atom is -0.508 e. The van der Waals surface area contributed by atoms with Crippen LogP contribution in [-0.2, 0) is 4.74 Å². The zero-order valence-corrected chi connectivity index (χ0v) is 11.5. The van der Waals surface area contributed by atoms with Crippen LogP contribution in [0.1, 0.15) is 34.6 Å². The predicted molar refractivity (Wildman–Crippen MR) is 74.9 cm³/mol.